The first kappa shape index (κ1) is 17.7. The van der Waals surface area contributed by atoms with E-state index in [2.05, 4.69) is 15.6 Å². The van der Waals surface area contributed by atoms with Crippen LogP contribution in [0.1, 0.15) is 5.56 Å². The lowest BCUT2D eigenvalue weighted by Gasteiger charge is -2.14. The smallest absolute Gasteiger partial charge is 0.414 e. The lowest BCUT2D eigenvalue weighted by atomic mass is 10.2. The van der Waals surface area contributed by atoms with E-state index >= 15 is 0 Å². The third-order valence-electron chi connectivity index (χ3n) is 4.40. The zero-order chi connectivity index (χ0) is 19.5. The topological polar surface area (TPSA) is 106 Å². The maximum absolute atomic E-state index is 12.4. The molecule has 0 atom stereocenters. The Morgan fingerprint density at radius 1 is 1.14 bits per heavy atom. The van der Waals surface area contributed by atoms with Gasteiger partial charge in [0, 0.05) is 12.2 Å². The number of anilines is 1. The summed E-state index contributed by atoms with van der Waals surface area (Å²) in [6, 6.07) is 14.1. The average Bonchev–Trinajstić information content (AvgIpc) is 3.15. The van der Waals surface area contributed by atoms with E-state index in [1.165, 1.54) is 4.90 Å². The fraction of sp³-hybridized carbons (Fsp3) is 0.211. The van der Waals surface area contributed by atoms with Gasteiger partial charge < -0.3 is 10.1 Å². The molecule has 2 amide bonds. The molecule has 1 aliphatic rings. The highest BCUT2D eigenvalue weighted by atomic mass is 16.6. The molecular formula is C19H17N5O4. The Kier molecular flexibility index (Phi) is 4.71. The number of hydrogen-bond donors (Lipinski definition) is 1. The number of ether oxygens (including phenoxy) is 1. The normalized spacial score (nSPS) is 13.6. The highest BCUT2D eigenvalue weighted by Crippen LogP contribution is 2.19. The summed E-state index contributed by atoms with van der Waals surface area (Å²) in [5, 5.41) is 10.9. The van der Waals surface area contributed by atoms with Gasteiger partial charge in [-0.25, -0.2) is 9.48 Å². The van der Waals surface area contributed by atoms with Gasteiger partial charge in [0.1, 0.15) is 18.7 Å². The molecule has 0 saturated carbocycles. The van der Waals surface area contributed by atoms with Gasteiger partial charge in [0.15, 0.2) is 0 Å². The molecule has 4 rings (SSSR count). The van der Waals surface area contributed by atoms with E-state index in [9.17, 15) is 14.4 Å². The van der Waals surface area contributed by atoms with Gasteiger partial charge in [-0.2, -0.15) is 0 Å². The highest BCUT2D eigenvalue weighted by molar-refractivity contribution is 5.89. The number of carbonyl (C=O) groups is 2. The lowest BCUT2D eigenvalue weighted by Crippen LogP contribution is -2.34. The van der Waals surface area contributed by atoms with Crippen molar-refractivity contribution in [3.8, 4) is 0 Å². The van der Waals surface area contributed by atoms with Gasteiger partial charge >= 0.3 is 6.09 Å². The van der Waals surface area contributed by atoms with Crippen molar-refractivity contribution < 1.29 is 14.3 Å². The highest BCUT2D eigenvalue weighted by Gasteiger charge is 2.23. The van der Waals surface area contributed by atoms with E-state index in [1.54, 1.807) is 24.3 Å². The summed E-state index contributed by atoms with van der Waals surface area (Å²) >= 11 is 0. The van der Waals surface area contributed by atoms with Crippen molar-refractivity contribution in [2.75, 3.05) is 18.1 Å². The van der Waals surface area contributed by atoms with E-state index in [0.29, 0.717) is 29.7 Å². The molecule has 28 heavy (non-hydrogen) atoms. The fourth-order valence-electron chi connectivity index (χ4n) is 2.98. The van der Waals surface area contributed by atoms with E-state index in [-0.39, 0.29) is 30.6 Å². The second-order valence-corrected chi connectivity index (χ2v) is 6.28. The van der Waals surface area contributed by atoms with Crippen LogP contribution in [-0.2, 0) is 22.6 Å². The predicted molar refractivity (Wildman–Crippen MR) is 101 cm³/mol. The van der Waals surface area contributed by atoms with Gasteiger partial charge in [-0.3, -0.25) is 14.5 Å². The van der Waals surface area contributed by atoms with E-state index in [0.717, 1.165) is 10.2 Å². The number of fused-ring (bicyclic) bond motifs is 1. The summed E-state index contributed by atoms with van der Waals surface area (Å²) < 4.78 is 5.97. The van der Waals surface area contributed by atoms with Crippen molar-refractivity contribution >= 4 is 28.6 Å². The molecule has 1 aliphatic heterocycles. The second-order valence-electron chi connectivity index (χ2n) is 6.28. The molecular weight excluding hydrogens is 362 g/mol. The Labute approximate surface area is 159 Å². The first-order valence-corrected chi connectivity index (χ1v) is 8.74. The summed E-state index contributed by atoms with van der Waals surface area (Å²) in [7, 11) is 0. The maximum Gasteiger partial charge on any atom is 0.414 e. The van der Waals surface area contributed by atoms with Crippen LogP contribution < -0.4 is 15.8 Å². The summed E-state index contributed by atoms with van der Waals surface area (Å²) in [4.78, 5) is 37.8. The van der Waals surface area contributed by atoms with Crippen molar-refractivity contribution in [1.82, 2.24) is 20.3 Å². The van der Waals surface area contributed by atoms with Crippen LogP contribution in [0.4, 0.5) is 10.5 Å². The van der Waals surface area contributed by atoms with Crippen molar-refractivity contribution in [2.24, 2.45) is 0 Å². The van der Waals surface area contributed by atoms with E-state index < -0.39 is 0 Å². The SMILES string of the molecule is O=C(Cn1nnc2ccccc2c1=O)NCc1cccc(N2CCOC2=O)c1. The van der Waals surface area contributed by atoms with E-state index in [1.807, 2.05) is 24.3 Å². The molecule has 0 bridgehead atoms. The molecule has 142 valence electrons. The number of hydrogen-bond acceptors (Lipinski definition) is 6. The van der Waals surface area contributed by atoms with Crippen LogP contribution in [0.25, 0.3) is 10.9 Å². The zero-order valence-corrected chi connectivity index (χ0v) is 14.9. The number of carbonyl (C=O) groups excluding carboxylic acids is 2. The Morgan fingerprint density at radius 3 is 2.82 bits per heavy atom. The molecule has 9 nitrogen and oxygen atoms in total. The first-order chi connectivity index (χ1) is 13.6. The average molecular weight is 379 g/mol. The van der Waals surface area contributed by atoms with Gasteiger partial charge in [-0.05, 0) is 29.8 Å². The quantitative estimate of drug-likeness (QED) is 0.711. The third kappa shape index (κ3) is 3.54. The third-order valence-corrected chi connectivity index (χ3v) is 4.40. The van der Waals surface area contributed by atoms with Crippen LogP contribution in [0.3, 0.4) is 0 Å². The minimum atomic E-state index is -0.379. The minimum Gasteiger partial charge on any atom is -0.447 e. The van der Waals surface area contributed by atoms with Crippen molar-refractivity contribution in [3.05, 3.63) is 64.4 Å². The van der Waals surface area contributed by atoms with Crippen molar-refractivity contribution in [3.63, 3.8) is 0 Å². The van der Waals surface area contributed by atoms with Gasteiger partial charge in [-0.1, -0.05) is 29.5 Å². The molecule has 1 saturated heterocycles. The van der Waals surface area contributed by atoms with Gasteiger partial charge in [0.05, 0.1) is 11.9 Å². The molecule has 1 N–H and O–H groups in total. The molecule has 2 aromatic carbocycles. The van der Waals surface area contributed by atoms with Crippen LogP contribution in [-0.4, -0.2) is 40.1 Å². The first-order valence-electron chi connectivity index (χ1n) is 8.74. The monoisotopic (exact) mass is 379 g/mol. The lowest BCUT2D eigenvalue weighted by molar-refractivity contribution is -0.122. The van der Waals surface area contributed by atoms with Crippen molar-refractivity contribution in [1.29, 1.82) is 0 Å². The Balaban J connectivity index is 1.42. The Bertz CT molecular complexity index is 1110. The van der Waals surface area contributed by atoms with E-state index in [4.69, 9.17) is 4.74 Å². The fourth-order valence-corrected chi connectivity index (χ4v) is 2.98. The number of nitrogens with zero attached hydrogens (tertiary/aromatic N) is 4. The van der Waals surface area contributed by atoms with Crippen LogP contribution in [0.2, 0.25) is 0 Å². The summed E-state index contributed by atoms with van der Waals surface area (Å²) in [6.45, 7) is 0.889. The predicted octanol–water partition coefficient (Wildman–Crippen LogP) is 1.06. The molecule has 0 radical (unpaired) electrons. The Morgan fingerprint density at radius 2 is 2.00 bits per heavy atom. The zero-order valence-electron chi connectivity index (χ0n) is 14.9. The number of amides is 2. The molecule has 0 aliphatic carbocycles. The molecule has 9 heteroatoms. The summed E-state index contributed by atoms with van der Waals surface area (Å²) in [6.07, 6.45) is -0.379. The molecule has 1 fully saturated rings. The number of rotatable bonds is 5. The maximum atomic E-state index is 12.4. The summed E-state index contributed by atoms with van der Waals surface area (Å²) in [5.41, 5.74) is 1.66. The number of benzene rings is 2. The number of aromatic nitrogens is 3. The van der Waals surface area contributed by atoms with Crippen LogP contribution in [0, 0.1) is 0 Å². The molecule has 0 spiro atoms. The number of nitrogens with one attached hydrogen (secondary N) is 1. The van der Waals surface area contributed by atoms with Gasteiger partial charge in [0.25, 0.3) is 5.56 Å². The minimum absolute atomic E-state index is 0.227. The van der Waals surface area contributed by atoms with Gasteiger partial charge in [-0.15, -0.1) is 5.10 Å². The largest absolute Gasteiger partial charge is 0.447 e. The Hall–Kier alpha value is -3.75. The standard InChI is InChI=1S/C19H17N5O4/c25-17(12-24-18(26)15-6-1-2-7-16(15)21-22-24)20-11-13-4-3-5-14(10-13)23-8-9-28-19(23)27/h1-7,10H,8-9,11-12H2,(H,20,25). The molecule has 0 unspecified atom stereocenters. The van der Waals surface area contributed by atoms with Crippen LogP contribution in [0.5, 0.6) is 0 Å². The van der Waals surface area contributed by atoms with Crippen LogP contribution in [0.15, 0.2) is 53.3 Å². The second kappa shape index (κ2) is 7.47. The van der Waals surface area contributed by atoms with Gasteiger partial charge in [0.2, 0.25) is 5.91 Å². The summed E-state index contributed by atoms with van der Waals surface area (Å²) in [5.74, 6) is -0.363. The van der Waals surface area contributed by atoms with Crippen molar-refractivity contribution in [2.45, 2.75) is 13.1 Å². The van der Waals surface area contributed by atoms with Crippen LogP contribution >= 0.6 is 0 Å². The number of cyclic esters (lactones) is 1. The molecule has 1 aromatic heterocycles. The molecule has 2 heterocycles. The molecule has 3 aromatic rings.